The van der Waals surface area contributed by atoms with Crippen LogP contribution in [0.4, 0.5) is 11.4 Å². The number of nitrogen functional groups attached to an aromatic ring is 2. The molecule has 0 unspecified atom stereocenters. The fraction of sp³-hybridized carbons (Fsp3) is 0.0588. The molecule has 3 heteroatoms. The third kappa shape index (κ3) is 1.93. The molecule has 0 aromatic heterocycles. The molecule has 3 rings (SSSR count). The van der Waals surface area contributed by atoms with Crippen molar-refractivity contribution in [3.05, 3.63) is 54.6 Å². The Morgan fingerprint density at radius 1 is 0.850 bits per heavy atom. The zero-order valence-electron chi connectivity index (χ0n) is 11.3. The van der Waals surface area contributed by atoms with E-state index in [9.17, 15) is 0 Å². The molecule has 0 heterocycles. The van der Waals surface area contributed by atoms with Crippen LogP contribution < -0.4 is 16.2 Å². The van der Waals surface area contributed by atoms with Crippen LogP contribution >= 0.6 is 0 Å². The first-order valence-electron chi connectivity index (χ1n) is 6.42. The Kier molecular flexibility index (Phi) is 2.95. The van der Waals surface area contributed by atoms with E-state index in [1.54, 1.807) is 7.11 Å². The van der Waals surface area contributed by atoms with Crippen molar-refractivity contribution in [2.45, 2.75) is 0 Å². The summed E-state index contributed by atoms with van der Waals surface area (Å²) in [6, 6.07) is 17.6. The highest BCUT2D eigenvalue weighted by atomic mass is 16.5. The number of nitrogens with two attached hydrogens (primary N) is 2. The van der Waals surface area contributed by atoms with Crippen LogP contribution in [-0.4, -0.2) is 7.11 Å². The largest absolute Gasteiger partial charge is 0.497 e. The standard InChI is InChI=1S/C17H16N2O/c1-20-12-8-6-11(7-9-12)15-10-16(18)13-4-2-3-5-14(13)17(15)19/h2-10H,18-19H2,1H3. The zero-order chi connectivity index (χ0) is 14.1. The molecule has 100 valence electrons. The molecule has 0 spiro atoms. The van der Waals surface area contributed by atoms with Gasteiger partial charge in [0.25, 0.3) is 0 Å². The van der Waals surface area contributed by atoms with E-state index in [0.717, 1.165) is 39.0 Å². The van der Waals surface area contributed by atoms with E-state index in [1.807, 2.05) is 54.6 Å². The predicted octanol–water partition coefficient (Wildman–Crippen LogP) is 3.68. The lowest BCUT2D eigenvalue weighted by molar-refractivity contribution is 0.415. The fourth-order valence-corrected chi connectivity index (χ4v) is 2.44. The topological polar surface area (TPSA) is 61.3 Å². The Balaban J connectivity index is 2.22. The summed E-state index contributed by atoms with van der Waals surface area (Å²) in [6.07, 6.45) is 0. The lowest BCUT2D eigenvalue weighted by Gasteiger charge is -2.12. The van der Waals surface area contributed by atoms with Gasteiger partial charge < -0.3 is 16.2 Å². The molecular formula is C17H16N2O. The maximum atomic E-state index is 6.30. The molecule has 3 nitrogen and oxygen atoms in total. The predicted molar refractivity (Wildman–Crippen MR) is 84.8 cm³/mol. The number of anilines is 2. The minimum absolute atomic E-state index is 0.737. The van der Waals surface area contributed by atoms with Crippen molar-refractivity contribution >= 4 is 22.1 Å². The highest BCUT2D eigenvalue weighted by Gasteiger charge is 2.09. The number of benzene rings is 3. The van der Waals surface area contributed by atoms with Gasteiger partial charge in [-0.25, -0.2) is 0 Å². The molecule has 0 amide bonds. The Labute approximate surface area is 117 Å². The maximum Gasteiger partial charge on any atom is 0.118 e. The second kappa shape index (κ2) is 4.78. The summed E-state index contributed by atoms with van der Waals surface area (Å²) in [5, 5.41) is 1.97. The molecule has 0 bridgehead atoms. The smallest absolute Gasteiger partial charge is 0.118 e. The Morgan fingerprint density at radius 3 is 2.15 bits per heavy atom. The fourth-order valence-electron chi connectivity index (χ4n) is 2.44. The van der Waals surface area contributed by atoms with Crippen LogP contribution in [0.25, 0.3) is 21.9 Å². The van der Waals surface area contributed by atoms with Crippen LogP contribution in [0.3, 0.4) is 0 Å². The quantitative estimate of drug-likeness (QED) is 0.694. The molecule has 0 fully saturated rings. The number of hydrogen-bond donors (Lipinski definition) is 2. The van der Waals surface area contributed by atoms with Gasteiger partial charge in [0.15, 0.2) is 0 Å². The SMILES string of the molecule is COc1ccc(-c2cc(N)c3ccccc3c2N)cc1. The van der Waals surface area contributed by atoms with Crippen LogP contribution in [0.2, 0.25) is 0 Å². The first-order valence-corrected chi connectivity index (χ1v) is 6.42. The van der Waals surface area contributed by atoms with E-state index in [0.29, 0.717) is 0 Å². The van der Waals surface area contributed by atoms with Crippen LogP contribution in [-0.2, 0) is 0 Å². The summed E-state index contributed by atoms with van der Waals surface area (Å²) < 4.78 is 5.17. The van der Waals surface area contributed by atoms with E-state index in [-0.39, 0.29) is 0 Å². The highest BCUT2D eigenvalue weighted by molar-refractivity contribution is 6.06. The van der Waals surface area contributed by atoms with Crippen molar-refractivity contribution in [2.24, 2.45) is 0 Å². The summed E-state index contributed by atoms with van der Waals surface area (Å²) in [5.41, 5.74) is 15.9. The van der Waals surface area contributed by atoms with Crippen LogP contribution in [0, 0.1) is 0 Å². The number of methoxy groups -OCH3 is 1. The molecule has 0 aliphatic rings. The molecule has 3 aromatic rings. The first-order chi connectivity index (χ1) is 9.70. The van der Waals surface area contributed by atoms with Gasteiger partial charge in [0.05, 0.1) is 7.11 Å². The molecule has 0 saturated heterocycles. The Morgan fingerprint density at radius 2 is 1.50 bits per heavy atom. The summed E-state index contributed by atoms with van der Waals surface area (Å²) in [4.78, 5) is 0. The van der Waals surface area contributed by atoms with Crippen LogP contribution in [0.5, 0.6) is 5.75 Å². The second-order valence-corrected chi connectivity index (χ2v) is 4.70. The zero-order valence-corrected chi connectivity index (χ0v) is 11.3. The number of rotatable bonds is 2. The molecule has 20 heavy (non-hydrogen) atoms. The average molecular weight is 264 g/mol. The van der Waals surface area contributed by atoms with Crippen molar-refractivity contribution < 1.29 is 4.74 Å². The van der Waals surface area contributed by atoms with Gasteiger partial charge in [-0.15, -0.1) is 0 Å². The van der Waals surface area contributed by atoms with Crippen molar-refractivity contribution in [3.63, 3.8) is 0 Å². The average Bonchev–Trinajstić information content (AvgIpc) is 2.51. The molecule has 0 atom stereocenters. The van der Waals surface area contributed by atoms with Crippen LogP contribution in [0.15, 0.2) is 54.6 Å². The third-order valence-electron chi connectivity index (χ3n) is 3.52. The van der Waals surface area contributed by atoms with E-state index in [2.05, 4.69) is 0 Å². The molecule has 0 saturated carbocycles. The maximum absolute atomic E-state index is 6.30. The van der Waals surface area contributed by atoms with Crippen molar-refractivity contribution in [1.82, 2.24) is 0 Å². The second-order valence-electron chi connectivity index (χ2n) is 4.70. The molecular weight excluding hydrogens is 248 g/mol. The summed E-state index contributed by atoms with van der Waals surface area (Å²) in [6.45, 7) is 0. The number of ether oxygens (including phenoxy) is 1. The summed E-state index contributed by atoms with van der Waals surface area (Å²) in [5.74, 6) is 0.820. The minimum Gasteiger partial charge on any atom is -0.497 e. The van der Waals surface area contributed by atoms with E-state index < -0.39 is 0 Å². The lowest BCUT2D eigenvalue weighted by Crippen LogP contribution is -1.96. The molecule has 0 radical (unpaired) electrons. The molecule has 3 aromatic carbocycles. The minimum atomic E-state index is 0.737. The highest BCUT2D eigenvalue weighted by Crippen LogP contribution is 2.36. The van der Waals surface area contributed by atoms with Gasteiger partial charge in [-0.2, -0.15) is 0 Å². The van der Waals surface area contributed by atoms with Gasteiger partial charge in [-0.3, -0.25) is 0 Å². The van der Waals surface area contributed by atoms with E-state index in [1.165, 1.54) is 0 Å². The summed E-state index contributed by atoms with van der Waals surface area (Å²) in [7, 11) is 1.65. The lowest BCUT2D eigenvalue weighted by atomic mass is 9.97. The number of fused-ring (bicyclic) bond motifs is 1. The van der Waals surface area contributed by atoms with E-state index >= 15 is 0 Å². The Bertz CT molecular complexity index is 764. The molecule has 0 aliphatic carbocycles. The van der Waals surface area contributed by atoms with Crippen molar-refractivity contribution in [3.8, 4) is 16.9 Å². The normalized spacial score (nSPS) is 10.7. The van der Waals surface area contributed by atoms with Gasteiger partial charge in [-0.1, -0.05) is 36.4 Å². The number of hydrogen-bond acceptors (Lipinski definition) is 3. The van der Waals surface area contributed by atoms with Crippen LogP contribution in [0.1, 0.15) is 0 Å². The van der Waals surface area contributed by atoms with Gasteiger partial charge in [-0.05, 0) is 23.8 Å². The monoisotopic (exact) mass is 264 g/mol. The van der Waals surface area contributed by atoms with Crippen molar-refractivity contribution in [1.29, 1.82) is 0 Å². The van der Waals surface area contributed by atoms with E-state index in [4.69, 9.17) is 16.2 Å². The Hall–Kier alpha value is -2.68. The summed E-state index contributed by atoms with van der Waals surface area (Å²) >= 11 is 0. The first kappa shape index (κ1) is 12.4. The van der Waals surface area contributed by atoms with Gasteiger partial charge in [0.2, 0.25) is 0 Å². The van der Waals surface area contributed by atoms with Crippen molar-refractivity contribution in [2.75, 3.05) is 18.6 Å². The van der Waals surface area contributed by atoms with Gasteiger partial charge in [0.1, 0.15) is 5.75 Å². The third-order valence-corrected chi connectivity index (χ3v) is 3.52. The molecule has 4 N–H and O–H groups in total. The van der Waals surface area contributed by atoms with Gasteiger partial charge in [0, 0.05) is 27.7 Å². The van der Waals surface area contributed by atoms with Gasteiger partial charge >= 0.3 is 0 Å². The molecule has 0 aliphatic heterocycles.